The number of nitriles is 1. The molecule has 0 spiro atoms. The first-order chi connectivity index (χ1) is 16.2. The van der Waals surface area contributed by atoms with E-state index < -0.39 is 0 Å². The van der Waals surface area contributed by atoms with Crippen molar-refractivity contribution in [3.8, 4) is 23.1 Å². The minimum Gasteiger partial charge on any atom is -0.493 e. The first-order valence-corrected chi connectivity index (χ1v) is 11.6. The van der Waals surface area contributed by atoms with Gasteiger partial charge in [-0.15, -0.1) is 0 Å². The smallest absolute Gasteiger partial charge is 0.289 e. The Bertz CT molecular complexity index is 957. The molecule has 1 N–H and O–H groups in total. The molecule has 2 aromatic carbocycles. The van der Waals surface area contributed by atoms with Crippen LogP contribution in [0.25, 0.3) is 11.3 Å². The highest BCUT2D eigenvalue weighted by atomic mass is 16.5. The summed E-state index contributed by atoms with van der Waals surface area (Å²) in [7, 11) is 1.55. The van der Waals surface area contributed by atoms with E-state index in [1.54, 1.807) is 25.2 Å². The predicted octanol–water partition coefficient (Wildman–Crippen LogP) is 7.13. The van der Waals surface area contributed by atoms with E-state index in [0.29, 0.717) is 11.3 Å². The normalized spacial score (nSPS) is 11.2. The second kappa shape index (κ2) is 17.9. The van der Waals surface area contributed by atoms with Gasteiger partial charge >= 0.3 is 0 Å². The third-order valence-electron chi connectivity index (χ3n) is 4.72. The first kappa shape index (κ1) is 30.4. The minimum atomic E-state index is -0.273. The van der Waals surface area contributed by atoms with Crippen LogP contribution in [0.4, 0.5) is 0 Å². The lowest BCUT2D eigenvalue weighted by Gasteiger charge is -2.25. The van der Waals surface area contributed by atoms with E-state index in [1.807, 2.05) is 70.2 Å². The van der Waals surface area contributed by atoms with E-state index in [1.165, 1.54) is 19.3 Å². The van der Waals surface area contributed by atoms with Crippen LogP contribution in [-0.2, 0) is 0 Å². The van der Waals surface area contributed by atoms with Crippen LogP contribution in [0.2, 0.25) is 0 Å². The van der Waals surface area contributed by atoms with Gasteiger partial charge in [0.05, 0.1) is 18.2 Å². The third kappa shape index (κ3) is 9.91. The molecule has 1 aliphatic rings. The maximum atomic E-state index is 11.2. The fraction of sp³-hybridized carbons (Fsp3) is 0.393. The molecule has 184 valence electrons. The number of ether oxygens (including phenoxy) is 1. The highest BCUT2D eigenvalue weighted by Gasteiger charge is 2.17. The van der Waals surface area contributed by atoms with Crippen molar-refractivity contribution in [2.45, 2.75) is 54.4 Å². The molecule has 3 aromatic rings. The maximum Gasteiger partial charge on any atom is 0.289 e. The summed E-state index contributed by atoms with van der Waals surface area (Å²) in [6.07, 6.45) is 3.95. The average molecular weight is 466 g/mol. The lowest BCUT2D eigenvalue weighted by Crippen LogP contribution is -2.19. The van der Waals surface area contributed by atoms with Gasteiger partial charge in [0.1, 0.15) is 11.4 Å². The van der Waals surface area contributed by atoms with Crippen molar-refractivity contribution in [2.75, 3.05) is 13.7 Å². The summed E-state index contributed by atoms with van der Waals surface area (Å²) in [5.74, 6) is 1.57. The van der Waals surface area contributed by atoms with Gasteiger partial charge in [-0.25, -0.2) is 0 Å². The Morgan fingerprint density at radius 1 is 1.09 bits per heavy atom. The summed E-state index contributed by atoms with van der Waals surface area (Å²) in [5.41, 5.74) is 2.27. The first-order valence-electron chi connectivity index (χ1n) is 11.6. The topological polar surface area (TPSA) is 88.2 Å². The summed E-state index contributed by atoms with van der Waals surface area (Å²) in [5, 5.41) is 14.9. The Kier molecular flexibility index (Phi) is 16.0. The van der Waals surface area contributed by atoms with E-state index in [-0.39, 0.29) is 19.1 Å². The van der Waals surface area contributed by atoms with Gasteiger partial charge in [-0.1, -0.05) is 77.0 Å². The minimum absolute atomic E-state index is 0. The maximum absolute atomic E-state index is 11.2. The molecule has 34 heavy (non-hydrogen) atoms. The summed E-state index contributed by atoms with van der Waals surface area (Å²) in [4.78, 5) is 11.2. The molecular formula is C28H39N3O3. The lowest BCUT2D eigenvalue weighted by molar-refractivity contribution is 0.0926. The van der Waals surface area contributed by atoms with E-state index in [2.05, 4.69) is 16.5 Å². The van der Waals surface area contributed by atoms with Crippen LogP contribution in [0.15, 0.2) is 65.2 Å². The van der Waals surface area contributed by atoms with Gasteiger partial charge in [0, 0.05) is 18.7 Å². The van der Waals surface area contributed by atoms with Gasteiger partial charge in [0.15, 0.2) is 0 Å². The summed E-state index contributed by atoms with van der Waals surface area (Å²) < 4.78 is 10.5. The molecule has 1 heterocycles. The Morgan fingerprint density at radius 2 is 1.71 bits per heavy atom. The van der Waals surface area contributed by atoms with Crippen molar-refractivity contribution in [3.05, 3.63) is 72.0 Å². The quantitative estimate of drug-likeness (QED) is 0.433. The Hall–Kier alpha value is -3.59. The van der Waals surface area contributed by atoms with Crippen molar-refractivity contribution in [1.29, 1.82) is 5.26 Å². The Labute approximate surface area is 204 Å². The number of hydrogen-bond acceptors (Lipinski definition) is 5. The molecule has 0 saturated heterocycles. The highest BCUT2D eigenvalue weighted by molar-refractivity contribution is 5.92. The van der Waals surface area contributed by atoms with Gasteiger partial charge in [0.25, 0.3) is 5.91 Å². The number of carbonyl (C=O) groups excluding carboxylic acids is 1. The standard InChI is InChI=1S/C12H13NO.C11H10N2O2.2C2H6.CH4/c13-8-10-4-6-12(7-5-10)14-9-11-2-1-3-11;1-12-11(14)10-7-9(13-15-10)8-5-3-2-4-6-8;2*1-2;/h4-7,11H,1-3,9H2;2-7H,1H3,(H,12,14);2*1-2H3;1H4. The highest BCUT2D eigenvalue weighted by Crippen LogP contribution is 2.27. The fourth-order valence-corrected chi connectivity index (χ4v) is 2.75. The molecule has 4 rings (SSSR count). The number of benzene rings is 2. The van der Waals surface area contributed by atoms with Crippen molar-refractivity contribution in [1.82, 2.24) is 10.5 Å². The molecule has 1 saturated carbocycles. The number of nitrogens with zero attached hydrogens (tertiary/aromatic N) is 2. The number of hydrogen-bond donors (Lipinski definition) is 1. The summed E-state index contributed by atoms with van der Waals surface area (Å²) in [6.45, 7) is 8.83. The van der Waals surface area contributed by atoms with Gasteiger partial charge in [0.2, 0.25) is 5.76 Å². The van der Waals surface area contributed by atoms with E-state index in [9.17, 15) is 4.79 Å². The molecule has 6 nitrogen and oxygen atoms in total. The molecule has 0 aliphatic heterocycles. The van der Waals surface area contributed by atoms with Crippen LogP contribution in [0.3, 0.4) is 0 Å². The van der Waals surface area contributed by atoms with Crippen LogP contribution in [0, 0.1) is 17.2 Å². The largest absolute Gasteiger partial charge is 0.493 e. The van der Waals surface area contributed by atoms with Crippen molar-refractivity contribution >= 4 is 5.91 Å². The van der Waals surface area contributed by atoms with Crippen molar-refractivity contribution in [3.63, 3.8) is 0 Å². The van der Waals surface area contributed by atoms with E-state index >= 15 is 0 Å². The second-order valence-corrected chi connectivity index (χ2v) is 6.77. The van der Waals surface area contributed by atoms with E-state index in [4.69, 9.17) is 14.5 Å². The molecule has 1 aromatic heterocycles. The summed E-state index contributed by atoms with van der Waals surface area (Å²) in [6, 6.07) is 20.5. The third-order valence-corrected chi connectivity index (χ3v) is 4.72. The Morgan fingerprint density at radius 3 is 2.21 bits per heavy atom. The molecule has 1 amide bonds. The number of rotatable bonds is 5. The molecular weight excluding hydrogens is 426 g/mol. The number of carbonyl (C=O) groups is 1. The predicted molar refractivity (Wildman–Crippen MR) is 139 cm³/mol. The molecule has 0 bridgehead atoms. The van der Waals surface area contributed by atoms with Crippen molar-refractivity contribution < 1.29 is 14.1 Å². The van der Waals surface area contributed by atoms with Gasteiger partial charge in [-0.2, -0.15) is 5.26 Å². The van der Waals surface area contributed by atoms with Gasteiger partial charge in [-0.3, -0.25) is 4.79 Å². The zero-order valence-corrected chi connectivity index (χ0v) is 20.3. The SMILES string of the molecule is C.CC.CC.CNC(=O)c1cc(-c2ccccc2)no1.N#Cc1ccc(OCC2CCC2)cc1. The zero-order valence-electron chi connectivity index (χ0n) is 20.3. The molecule has 6 heteroatoms. The van der Waals surface area contributed by atoms with Gasteiger partial charge < -0.3 is 14.6 Å². The molecule has 0 atom stereocenters. The number of nitrogens with one attached hydrogen (secondary N) is 1. The molecule has 1 fully saturated rings. The number of aromatic nitrogens is 1. The monoisotopic (exact) mass is 465 g/mol. The van der Waals surface area contributed by atoms with Gasteiger partial charge in [-0.05, 0) is 43.0 Å². The zero-order chi connectivity index (χ0) is 24.5. The average Bonchev–Trinajstić information content (AvgIpc) is 3.37. The number of amides is 1. The fourth-order valence-electron chi connectivity index (χ4n) is 2.75. The van der Waals surface area contributed by atoms with E-state index in [0.717, 1.165) is 23.8 Å². The van der Waals surface area contributed by atoms with Crippen molar-refractivity contribution in [2.24, 2.45) is 5.92 Å². The van der Waals surface area contributed by atoms with Crippen LogP contribution in [-0.4, -0.2) is 24.7 Å². The van der Waals surface area contributed by atoms with Crippen LogP contribution < -0.4 is 10.1 Å². The Balaban J connectivity index is 0.000000546. The molecule has 0 unspecified atom stereocenters. The molecule has 0 radical (unpaired) electrons. The van der Waals surface area contributed by atoms with Crippen LogP contribution in [0.1, 0.15) is 70.5 Å². The lowest BCUT2D eigenvalue weighted by atomic mass is 9.86. The second-order valence-electron chi connectivity index (χ2n) is 6.77. The summed E-state index contributed by atoms with van der Waals surface area (Å²) >= 11 is 0. The van der Waals surface area contributed by atoms with Crippen LogP contribution in [0.5, 0.6) is 5.75 Å². The van der Waals surface area contributed by atoms with Crippen LogP contribution >= 0.6 is 0 Å². The molecule has 1 aliphatic carbocycles.